The quantitative estimate of drug-likeness (QED) is 0.697. The Balaban J connectivity index is 1.82. The van der Waals surface area contributed by atoms with Gasteiger partial charge in [0, 0.05) is 17.3 Å². The van der Waals surface area contributed by atoms with Crippen molar-refractivity contribution in [3.05, 3.63) is 64.2 Å². The maximum atomic E-state index is 6.51. The van der Waals surface area contributed by atoms with Gasteiger partial charge in [0.1, 0.15) is 0 Å². The van der Waals surface area contributed by atoms with Crippen LogP contribution in [0.5, 0.6) is 0 Å². The van der Waals surface area contributed by atoms with Crippen molar-refractivity contribution in [1.82, 2.24) is 0 Å². The number of anilines is 1. The second kappa shape index (κ2) is 7.19. The second-order valence-electron chi connectivity index (χ2n) is 6.23. The van der Waals surface area contributed by atoms with Gasteiger partial charge in [-0.15, -0.1) is 0 Å². The minimum absolute atomic E-state index is 0.808. The molecule has 0 heterocycles. The maximum absolute atomic E-state index is 6.51. The van der Waals surface area contributed by atoms with Crippen LogP contribution in [0.25, 0.3) is 0 Å². The van der Waals surface area contributed by atoms with Gasteiger partial charge >= 0.3 is 0 Å². The van der Waals surface area contributed by atoms with Gasteiger partial charge in [0.25, 0.3) is 0 Å². The number of hydrogen-bond donors (Lipinski definition) is 1. The highest BCUT2D eigenvalue weighted by Crippen LogP contribution is 2.32. The minimum atomic E-state index is 0.808. The van der Waals surface area contributed by atoms with E-state index >= 15 is 0 Å². The Hall–Kier alpha value is -1.47. The number of halogens is 1. The third kappa shape index (κ3) is 3.47. The van der Waals surface area contributed by atoms with Gasteiger partial charge in [-0.3, -0.25) is 0 Å². The molecule has 1 aliphatic carbocycles. The van der Waals surface area contributed by atoms with Gasteiger partial charge in [0.2, 0.25) is 0 Å². The molecule has 116 valence electrons. The molecule has 1 N–H and O–H groups in total. The molecule has 0 aliphatic heterocycles. The normalized spacial score (nSPS) is 17.6. The fraction of sp³-hybridized carbons (Fsp3) is 0.400. The number of hydrogen-bond acceptors (Lipinski definition) is 1. The summed E-state index contributed by atoms with van der Waals surface area (Å²) in [6.07, 6.45) is 6.27. The van der Waals surface area contributed by atoms with E-state index in [2.05, 4.69) is 48.6 Å². The fourth-order valence-corrected chi connectivity index (χ4v) is 3.70. The fourth-order valence-electron chi connectivity index (χ4n) is 3.46. The second-order valence-corrected chi connectivity index (χ2v) is 6.64. The molecule has 0 aromatic heterocycles. The van der Waals surface area contributed by atoms with Gasteiger partial charge in [-0.1, -0.05) is 49.2 Å². The van der Waals surface area contributed by atoms with E-state index < -0.39 is 0 Å². The van der Waals surface area contributed by atoms with Crippen molar-refractivity contribution in [1.29, 1.82) is 0 Å². The topological polar surface area (TPSA) is 12.0 Å². The minimum Gasteiger partial charge on any atom is -0.381 e. The number of rotatable bonds is 4. The lowest BCUT2D eigenvalue weighted by Crippen LogP contribution is -2.06. The van der Waals surface area contributed by atoms with Crippen molar-refractivity contribution in [2.75, 3.05) is 5.32 Å². The van der Waals surface area contributed by atoms with E-state index in [0.29, 0.717) is 0 Å². The Labute approximate surface area is 138 Å². The first kappa shape index (κ1) is 15.4. The Kier molecular flexibility index (Phi) is 5.04. The van der Waals surface area contributed by atoms with Crippen molar-refractivity contribution in [2.24, 2.45) is 5.92 Å². The van der Waals surface area contributed by atoms with Crippen molar-refractivity contribution in [2.45, 2.75) is 45.6 Å². The van der Waals surface area contributed by atoms with E-state index in [1.807, 2.05) is 6.07 Å². The van der Waals surface area contributed by atoms with Crippen molar-refractivity contribution in [3.8, 4) is 0 Å². The van der Waals surface area contributed by atoms with Crippen LogP contribution in [0, 0.1) is 5.92 Å². The van der Waals surface area contributed by atoms with Crippen LogP contribution >= 0.6 is 11.6 Å². The van der Waals surface area contributed by atoms with Gasteiger partial charge in [0.05, 0.1) is 0 Å². The molecule has 0 saturated carbocycles. The highest BCUT2D eigenvalue weighted by Gasteiger charge is 2.18. The van der Waals surface area contributed by atoms with Crippen LogP contribution in [0.15, 0.2) is 42.5 Å². The van der Waals surface area contributed by atoms with E-state index in [9.17, 15) is 0 Å². The average molecular weight is 314 g/mol. The van der Waals surface area contributed by atoms with Crippen molar-refractivity contribution < 1.29 is 0 Å². The summed E-state index contributed by atoms with van der Waals surface area (Å²) in [7, 11) is 0. The van der Waals surface area contributed by atoms with Gasteiger partial charge < -0.3 is 5.32 Å². The van der Waals surface area contributed by atoms with Crippen LogP contribution in [-0.2, 0) is 19.4 Å². The number of benzene rings is 2. The maximum Gasteiger partial charge on any atom is 0.0458 e. The zero-order chi connectivity index (χ0) is 15.4. The molecule has 0 amide bonds. The number of para-hydroxylation sites is 1. The molecule has 0 bridgehead atoms. The molecule has 1 nitrogen and oxygen atoms in total. The molecular formula is C20H24ClN. The summed E-state index contributed by atoms with van der Waals surface area (Å²) >= 11 is 6.51. The molecule has 0 spiro atoms. The van der Waals surface area contributed by atoms with Gasteiger partial charge in [-0.2, -0.15) is 0 Å². The molecule has 2 aromatic carbocycles. The molecule has 0 saturated heterocycles. The standard InChI is InChI=1S/C20H24ClN/c1-2-15-8-10-16-11-13-20(21)19(18(16)12-9-15)14-22-17-6-4-3-5-7-17/h3-7,11,13,15,22H,2,8-10,12,14H2,1H3. The predicted molar refractivity (Wildman–Crippen MR) is 95.6 cm³/mol. The van der Waals surface area contributed by atoms with E-state index in [0.717, 1.165) is 23.2 Å². The number of aryl methyl sites for hydroxylation is 1. The zero-order valence-corrected chi connectivity index (χ0v) is 14.0. The summed E-state index contributed by atoms with van der Waals surface area (Å²) in [5.74, 6) is 0.862. The van der Waals surface area contributed by atoms with Crippen LogP contribution in [-0.4, -0.2) is 0 Å². The van der Waals surface area contributed by atoms with Crippen LogP contribution in [0.2, 0.25) is 5.02 Å². The highest BCUT2D eigenvalue weighted by molar-refractivity contribution is 6.31. The lowest BCUT2D eigenvalue weighted by molar-refractivity contribution is 0.450. The predicted octanol–water partition coefficient (Wildman–Crippen LogP) is 5.86. The van der Waals surface area contributed by atoms with Crippen molar-refractivity contribution >= 4 is 17.3 Å². The smallest absolute Gasteiger partial charge is 0.0458 e. The summed E-state index contributed by atoms with van der Waals surface area (Å²) in [6.45, 7) is 3.12. The molecule has 0 radical (unpaired) electrons. The highest BCUT2D eigenvalue weighted by atomic mass is 35.5. The van der Waals surface area contributed by atoms with Crippen LogP contribution in [0.4, 0.5) is 5.69 Å². The number of nitrogens with one attached hydrogen (secondary N) is 1. The Morgan fingerprint density at radius 1 is 1.05 bits per heavy atom. The third-order valence-electron chi connectivity index (χ3n) is 4.92. The monoisotopic (exact) mass is 313 g/mol. The Bertz CT molecular complexity index is 621. The first-order chi connectivity index (χ1) is 10.8. The molecule has 3 rings (SSSR count). The van der Waals surface area contributed by atoms with Crippen molar-refractivity contribution in [3.63, 3.8) is 0 Å². The van der Waals surface area contributed by atoms with E-state index in [1.54, 1.807) is 0 Å². The molecule has 1 unspecified atom stereocenters. The average Bonchev–Trinajstić information content (AvgIpc) is 2.77. The summed E-state index contributed by atoms with van der Waals surface area (Å²) in [4.78, 5) is 0. The SMILES string of the molecule is CCC1CCc2ccc(Cl)c(CNc3ccccc3)c2CC1. The van der Waals surface area contributed by atoms with Crippen LogP contribution in [0.3, 0.4) is 0 Å². The first-order valence-electron chi connectivity index (χ1n) is 8.36. The first-order valence-corrected chi connectivity index (χ1v) is 8.73. The molecule has 2 aromatic rings. The largest absolute Gasteiger partial charge is 0.381 e. The Morgan fingerprint density at radius 2 is 1.82 bits per heavy atom. The summed E-state index contributed by atoms with van der Waals surface area (Å²) < 4.78 is 0. The molecule has 1 aliphatic rings. The van der Waals surface area contributed by atoms with Gasteiger partial charge in [-0.05, 0) is 66.5 Å². The third-order valence-corrected chi connectivity index (χ3v) is 5.27. The number of fused-ring (bicyclic) bond motifs is 1. The van der Waals surface area contributed by atoms with Gasteiger partial charge in [-0.25, -0.2) is 0 Å². The van der Waals surface area contributed by atoms with E-state index in [-0.39, 0.29) is 0 Å². The summed E-state index contributed by atoms with van der Waals surface area (Å²) in [6, 6.07) is 14.7. The van der Waals surface area contributed by atoms with Crippen LogP contribution in [0.1, 0.15) is 42.9 Å². The lowest BCUT2D eigenvalue weighted by Gasteiger charge is -2.16. The van der Waals surface area contributed by atoms with Gasteiger partial charge in [0.15, 0.2) is 0 Å². The lowest BCUT2D eigenvalue weighted by atomic mass is 9.96. The molecule has 0 fully saturated rings. The molecule has 1 atom stereocenters. The zero-order valence-electron chi connectivity index (χ0n) is 13.2. The summed E-state index contributed by atoms with van der Waals surface area (Å²) in [5.41, 5.74) is 5.44. The van der Waals surface area contributed by atoms with E-state index in [1.165, 1.54) is 48.8 Å². The molecular weight excluding hydrogens is 290 g/mol. The van der Waals surface area contributed by atoms with E-state index in [4.69, 9.17) is 11.6 Å². The Morgan fingerprint density at radius 3 is 2.59 bits per heavy atom. The molecule has 22 heavy (non-hydrogen) atoms. The molecule has 2 heteroatoms. The summed E-state index contributed by atoms with van der Waals surface area (Å²) in [5, 5.41) is 4.41. The van der Waals surface area contributed by atoms with Crippen LogP contribution < -0.4 is 5.32 Å².